The van der Waals surface area contributed by atoms with Gasteiger partial charge in [0, 0.05) is 22.6 Å². The zero-order chi connectivity index (χ0) is 10.8. The highest BCUT2D eigenvalue weighted by Gasteiger charge is 2.25. The third-order valence-electron chi connectivity index (χ3n) is 2.89. The summed E-state index contributed by atoms with van der Waals surface area (Å²) in [6, 6.07) is 7.98. The largest absolute Gasteiger partial charge is 0.336 e. The zero-order valence-corrected chi connectivity index (χ0v) is 10.3. The van der Waals surface area contributed by atoms with Gasteiger partial charge in [0.15, 0.2) is 0 Å². The summed E-state index contributed by atoms with van der Waals surface area (Å²) in [5.41, 5.74) is 0.776. The van der Waals surface area contributed by atoms with Crippen LogP contribution in [0.15, 0.2) is 28.7 Å². The van der Waals surface area contributed by atoms with E-state index in [9.17, 15) is 4.79 Å². The minimum absolute atomic E-state index is 0.154. The molecule has 15 heavy (non-hydrogen) atoms. The number of likely N-dealkylation sites (tertiary alicyclic amines) is 1. The minimum Gasteiger partial charge on any atom is -0.336 e. The summed E-state index contributed by atoms with van der Waals surface area (Å²) in [5.74, 6) is 0.154. The van der Waals surface area contributed by atoms with Crippen LogP contribution in [0.1, 0.15) is 30.1 Å². The summed E-state index contributed by atoms with van der Waals surface area (Å²) < 4.78 is 0.959. The quantitative estimate of drug-likeness (QED) is 0.766. The van der Waals surface area contributed by atoms with Crippen LogP contribution in [0.25, 0.3) is 0 Å². The van der Waals surface area contributed by atoms with E-state index in [1.54, 1.807) is 0 Å². The Morgan fingerprint density at radius 1 is 1.53 bits per heavy atom. The van der Waals surface area contributed by atoms with E-state index in [0.29, 0.717) is 6.04 Å². The van der Waals surface area contributed by atoms with E-state index in [-0.39, 0.29) is 5.91 Å². The third kappa shape index (κ3) is 2.23. The third-order valence-corrected chi connectivity index (χ3v) is 3.38. The van der Waals surface area contributed by atoms with Crippen LogP contribution in [0, 0.1) is 0 Å². The highest BCUT2D eigenvalue weighted by molar-refractivity contribution is 9.10. The van der Waals surface area contributed by atoms with E-state index in [2.05, 4.69) is 22.9 Å². The highest BCUT2D eigenvalue weighted by Crippen LogP contribution is 2.20. The monoisotopic (exact) mass is 267 g/mol. The van der Waals surface area contributed by atoms with E-state index < -0.39 is 0 Å². The average molecular weight is 268 g/mol. The summed E-state index contributed by atoms with van der Waals surface area (Å²) in [4.78, 5) is 14.1. The molecule has 2 rings (SSSR count). The molecule has 1 fully saturated rings. The zero-order valence-electron chi connectivity index (χ0n) is 8.74. The first-order valence-corrected chi connectivity index (χ1v) is 6.04. The standard InChI is InChI=1S/C12H14BrNO/c1-9-4-3-7-14(9)12(15)10-5-2-6-11(13)8-10/h2,5-6,8-9H,3-4,7H2,1H3. The molecule has 0 aromatic heterocycles. The van der Waals surface area contributed by atoms with Crippen molar-refractivity contribution in [1.29, 1.82) is 0 Å². The summed E-state index contributed by atoms with van der Waals surface area (Å²) in [6.45, 7) is 3.01. The molecule has 80 valence electrons. The molecule has 1 amide bonds. The second-order valence-electron chi connectivity index (χ2n) is 4.00. The van der Waals surface area contributed by atoms with Crippen molar-refractivity contribution in [2.75, 3.05) is 6.54 Å². The Morgan fingerprint density at radius 3 is 2.93 bits per heavy atom. The van der Waals surface area contributed by atoms with Crippen molar-refractivity contribution in [1.82, 2.24) is 4.90 Å². The van der Waals surface area contributed by atoms with Crippen molar-refractivity contribution in [2.24, 2.45) is 0 Å². The Bertz CT molecular complexity index is 378. The lowest BCUT2D eigenvalue weighted by molar-refractivity contribution is 0.0747. The first-order chi connectivity index (χ1) is 7.18. The smallest absolute Gasteiger partial charge is 0.254 e. The molecule has 0 radical (unpaired) electrons. The SMILES string of the molecule is CC1CCCN1C(=O)c1cccc(Br)c1. The van der Waals surface area contributed by atoms with E-state index in [4.69, 9.17) is 0 Å². The number of nitrogens with zero attached hydrogens (tertiary/aromatic N) is 1. The molecular weight excluding hydrogens is 254 g/mol. The molecular formula is C12H14BrNO. The van der Waals surface area contributed by atoms with Crippen molar-refractivity contribution < 1.29 is 4.79 Å². The van der Waals surface area contributed by atoms with Crippen LogP contribution >= 0.6 is 15.9 Å². The van der Waals surface area contributed by atoms with Crippen LogP contribution in [0.3, 0.4) is 0 Å². The van der Waals surface area contributed by atoms with Crippen LogP contribution < -0.4 is 0 Å². The van der Waals surface area contributed by atoms with Crippen LogP contribution in [-0.4, -0.2) is 23.4 Å². The Labute approximate surface area is 98.4 Å². The van der Waals surface area contributed by atoms with Gasteiger partial charge in [0.1, 0.15) is 0 Å². The maximum Gasteiger partial charge on any atom is 0.254 e. The Morgan fingerprint density at radius 2 is 2.33 bits per heavy atom. The van der Waals surface area contributed by atoms with E-state index in [1.807, 2.05) is 29.2 Å². The second kappa shape index (κ2) is 4.35. The molecule has 1 aliphatic heterocycles. The van der Waals surface area contributed by atoms with Crippen molar-refractivity contribution in [2.45, 2.75) is 25.8 Å². The summed E-state index contributed by atoms with van der Waals surface area (Å²) in [5, 5.41) is 0. The maximum absolute atomic E-state index is 12.1. The molecule has 0 N–H and O–H groups in total. The number of carbonyl (C=O) groups is 1. The van der Waals surface area contributed by atoms with Gasteiger partial charge in [-0.05, 0) is 38.0 Å². The van der Waals surface area contributed by atoms with Gasteiger partial charge < -0.3 is 4.90 Å². The van der Waals surface area contributed by atoms with Gasteiger partial charge in [-0.3, -0.25) is 4.79 Å². The molecule has 0 aliphatic carbocycles. The van der Waals surface area contributed by atoms with E-state index >= 15 is 0 Å². The van der Waals surface area contributed by atoms with Crippen molar-refractivity contribution in [3.63, 3.8) is 0 Å². The first-order valence-electron chi connectivity index (χ1n) is 5.25. The van der Waals surface area contributed by atoms with Gasteiger partial charge in [-0.2, -0.15) is 0 Å². The Balaban J connectivity index is 2.20. The number of benzene rings is 1. The molecule has 2 nitrogen and oxygen atoms in total. The molecule has 3 heteroatoms. The fourth-order valence-corrected chi connectivity index (χ4v) is 2.42. The number of halogens is 1. The van der Waals surface area contributed by atoms with Crippen molar-refractivity contribution >= 4 is 21.8 Å². The van der Waals surface area contributed by atoms with Crippen LogP contribution in [0.2, 0.25) is 0 Å². The fourth-order valence-electron chi connectivity index (χ4n) is 2.02. The van der Waals surface area contributed by atoms with Crippen LogP contribution in [-0.2, 0) is 0 Å². The van der Waals surface area contributed by atoms with Crippen molar-refractivity contribution in [3.05, 3.63) is 34.3 Å². The molecule has 1 unspecified atom stereocenters. The molecule has 0 spiro atoms. The lowest BCUT2D eigenvalue weighted by atomic mass is 10.2. The molecule has 0 bridgehead atoms. The van der Waals surface area contributed by atoms with E-state index in [1.165, 1.54) is 0 Å². The van der Waals surface area contributed by atoms with Gasteiger partial charge in [0.25, 0.3) is 5.91 Å². The molecule has 1 heterocycles. The Kier molecular flexibility index (Phi) is 3.10. The first kappa shape index (κ1) is 10.7. The fraction of sp³-hybridized carbons (Fsp3) is 0.417. The maximum atomic E-state index is 12.1. The highest BCUT2D eigenvalue weighted by atomic mass is 79.9. The predicted molar refractivity (Wildman–Crippen MR) is 63.9 cm³/mol. The number of hydrogen-bond acceptors (Lipinski definition) is 1. The minimum atomic E-state index is 0.154. The predicted octanol–water partition coefficient (Wildman–Crippen LogP) is 3.07. The molecule has 1 aromatic carbocycles. The molecule has 1 atom stereocenters. The topological polar surface area (TPSA) is 20.3 Å². The van der Waals surface area contributed by atoms with Gasteiger partial charge in [-0.1, -0.05) is 22.0 Å². The van der Waals surface area contributed by atoms with E-state index in [0.717, 1.165) is 29.4 Å². The second-order valence-corrected chi connectivity index (χ2v) is 4.92. The summed E-state index contributed by atoms with van der Waals surface area (Å²) >= 11 is 3.38. The summed E-state index contributed by atoms with van der Waals surface area (Å²) in [6.07, 6.45) is 2.25. The number of rotatable bonds is 1. The molecule has 1 aromatic rings. The lowest BCUT2D eigenvalue weighted by Crippen LogP contribution is -2.33. The number of hydrogen-bond donors (Lipinski definition) is 0. The number of carbonyl (C=O) groups excluding carboxylic acids is 1. The van der Waals surface area contributed by atoms with Gasteiger partial charge in [-0.15, -0.1) is 0 Å². The number of amides is 1. The van der Waals surface area contributed by atoms with Crippen molar-refractivity contribution in [3.8, 4) is 0 Å². The van der Waals surface area contributed by atoms with Crippen LogP contribution in [0.5, 0.6) is 0 Å². The lowest BCUT2D eigenvalue weighted by Gasteiger charge is -2.21. The molecule has 0 saturated carbocycles. The average Bonchev–Trinajstić information content (AvgIpc) is 2.63. The van der Waals surface area contributed by atoms with Crippen LogP contribution in [0.4, 0.5) is 0 Å². The van der Waals surface area contributed by atoms with Gasteiger partial charge in [0.05, 0.1) is 0 Å². The Hall–Kier alpha value is -0.830. The summed E-state index contributed by atoms with van der Waals surface area (Å²) in [7, 11) is 0. The molecule has 1 aliphatic rings. The van der Waals surface area contributed by atoms with Gasteiger partial charge in [-0.25, -0.2) is 0 Å². The molecule has 1 saturated heterocycles. The normalized spacial score (nSPS) is 20.7. The van der Waals surface area contributed by atoms with Gasteiger partial charge >= 0.3 is 0 Å². The van der Waals surface area contributed by atoms with Gasteiger partial charge in [0.2, 0.25) is 0 Å².